The molecule has 0 aliphatic carbocycles. The van der Waals surface area contributed by atoms with Crippen LogP contribution in [-0.2, 0) is 4.79 Å². The van der Waals surface area contributed by atoms with Gasteiger partial charge in [0, 0.05) is 16.6 Å². The molecule has 1 N–H and O–H groups in total. The zero-order chi connectivity index (χ0) is 15.4. The number of amides is 1. The highest BCUT2D eigenvalue weighted by atomic mass is 35.5. The number of hydrogen-bond acceptors (Lipinski definition) is 1. The van der Waals surface area contributed by atoms with Gasteiger partial charge in [0.25, 0.3) is 0 Å². The first-order valence-electron chi connectivity index (χ1n) is 6.78. The van der Waals surface area contributed by atoms with Crippen LogP contribution in [0, 0.1) is 0 Å². The summed E-state index contributed by atoms with van der Waals surface area (Å²) < 4.78 is 0. The fourth-order valence-corrected chi connectivity index (χ4v) is 2.55. The third-order valence-electron chi connectivity index (χ3n) is 3.03. The van der Waals surface area contributed by atoms with Crippen molar-refractivity contribution in [3.8, 4) is 11.1 Å². The van der Waals surface area contributed by atoms with Crippen LogP contribution in [0.1, 0.15) is 24.8 Å². The molecule has 0 bridgehead atoms. The van der Waals surface area contributed by atoms with E-state index in [1.54, 1.807) is 6.07 Å². The third-order valence-corrected chi connectivity index (χ3v) is 3.79. The Morgan fingerprint density at radius 3 is 2.33 bits per heavy atom. The molecule has 0 saturated carbocycles. The molecule has 0 spiro atoms. The van der Waals surface area contributed by atoms with Gasteiger partial charge in [-0.25, -0.2) is 0 Å². The van der Waals surface area contributed by atoms with E-state index in [2.05, 4.69) is 5.32 Å². The smallest absolute Gasteiger partial charge is 0.242 e. The SMILES string of the molecule is CC(C)NC(=O)C(Cl)c1ccc(-c2ccccc2)c(Cl)c1. The largest absolute Gasteiger partial charge is 0.352 e. The first-order valence-corrected chi connectivity index (χ1v) is 7.60. The van der Waals surface area contributed by atoms with E-state index in [1.165, 1.54) is 0 Å². The Morgan fingerprint density at radius 2 is 1.76 bits per heavy atom. The number of nitrogens with one attached hydrogen (secondary N) is 1. The van der Waals surface area contributed by atoms with E-state index >= 15 is 0 Å². The number of hydrogen-bond donors (Lipinski definition) is 1. The van der Waals surface area contributed by atoms with E-state index in [-0.39, 0.29) is 11.9 Å². The van der Waals surface area contributed by atoms with E-state index < -0.39 is 5.38 Å². The second-order valence-electron chi connectivity index (χ2n) is 5.13. The molecule has 0 aromatic heterocycles. The Morgan fingerprint density at radius 1 is 1.10 bits per heavy atom. The van der Waals surface area contributed by atoms with E-state index in [4.69, 9.17) is 23.2 Å². The highest BCUT2D eigenvalue weighted by molar-refractivity contribution is 6.34. The molecule has 1 amide bonds. The van der Waals surface area contributed by atoms with Crippen LogP contribution in [0.4, 0.5) is 0 Å². The average Bonchev–Trinajstić information content (AvgIpc) is 2.46. The lowest BCUT2D eigenvalue weighted by atomic mass is 10.0. The van der Waals surface area contributed by atoms with Gasteiger partial charge in [0.05, 0.1) is 0 Å². The molecule has 2 nitrogen and oxygen atoms in total. The van der Waals surface area contributed by atoms with Crippen LogP contribution < -0.4 is 5.32 Å². The highest BCUT2D eigenvalue weighted by Crippen LogP contribution is 2.32. The summed E-state index contributed by atoms with van der Waals surface area (Å²) >= 11 is 12.5. The van der Waals surface area contributed by atoms with Crippen molar-refractivity contribution >= 4 is 29.1 Å². The fourth-order valence-electron chi connectivity index (χ4n) is 2.05. The lowest BCUT2D eigenvalue weighted by Gasteiger charge is -2.14. The van der Waals surface area contributed by atoms with E-state index in [0.717, 1.165) is 11.1 Å². The van der Waals surface area contributed by atoms with Gasteiger partial charge in [0.1, 0.15) is 5.38 Å². The molecule has 0 saturated heterocycles. The standard InChI is InChI=1S/C17H17Cl2NO/c1-11(2)20-17(21)16(19)13-8-9-14(15(18)10-13)12-6-4-3-5-7-12/h3-11,16H,1-2H3,(H,20,21). The van der Waals surface area contributed by atoms with Crippen molar-refractivity contribution in [2.75, 3.05) is 0 Å². The number of alkyl halides is 1. The normalized spacial score (nSPS) is 12.2. The Hall–Kier alpha value is -1.51. The molecule has 0 aliphatic heterocycles. The fraction of sp³-hybridized carbons (Fsp3) is 0.235. The van der Waals surface area contributed by atoms with Crippen LogP contribution in [-0.4, -0.2) is 11.9 Å². The first kappa shape index (κ1) is 15.9. The summed E-state index contributed by atoms with van der Waals surface area (Å²) in [5.74, 6) is -0.213. The Kier molecular flexibility index (Phi) is 5.27. The summed E-state index contributed by atoms with van der Waals surface area (Å²) in [5.41, 5.74) is 2.65. The van der Waals surface area contributed by atoms with Crippen molar-refractivity contribution in [1.29, 1.82) is 0 Å². The van der Waals surface area contributed by atoms with Gasteiger partial charge in [-0.05, 0) is 31.0 Å². The van der Waals surface area contributed by atoms with Crippen molar-refractivity contribution in [3.05, 3.63) is 59.1 Å². The minimum absolute atomic E-state index is 0.0535. The second-order valence-corrected chi connectivity index (χ2v) is 5.97. The Bertz CT molecular complexity index is 626. The topological polar surface area (TPSA) is 29.1 Å². The molecule has 1 unspecified atom stereocenters. The maximum atomic E-state index is 11.9. The summed E-state index contributed by atoms with van der Waals surface area (Å²) in [6.45, 7) is 3.79. The molecule has 0 radical (unpaired) electrons. The van der Waals surface area contributed by atoms with E-state index in [9.17, 15) is 4.79 Å². The van der Waals surface area contributed by atoms with Crippen molar-refractivity contribution in [2.45, 2.75) is 25.3 Å². The summed E-state index contributed by atoms with van der Waals surface area (Å²) in [6, 6.07) is 15.4. The van der Waals surface area contributed by atoms with Crippen molar-refractivity contribution in [1.82, 2.24) is 5.32 Å². The number of carbonyl (C=O) groups excluding carboxylic acids is 1. The van der Waals surface area contributed by atoms with Gasteiger partial charge in [-0.3, -0.25) is 4.79 Å². The van der Waals surface area contributed by atoms with E-state index in [1.807, 2.05) is 56.3 Å². The van der Waals surface area contributed by atoms with Crippen molar-refractivity contribution in [2.24, 2.45) is 0 Å². The summed E-state index contributed by atoms with van der Waals surface area (Å²) in [7, 11) is 0. The molecule has 0 heterocycles. The van der Waals surface area contributed by atoms with Crippen LogP contribution in [0.25, 0.3) is 11.1 Å². The lowest BCUT2D eigenvalue weighted by Crippen LogP contribution is -2.32. The molecule has 0 fully saturated rings. The molecule has 110 valence electrons. The van der Waals surface area contributed by atoms with Crippen molar-refractivity contribution in [3.63, 3.8) is 0 Å². The molecule has 2 aromatic rings. The van der Waals surface area contributed by atoms with Gasteiger partial charge in [0.2, 0.25) is 5.91 Å². The second kappa shape index (κ2) is 6.97. The lowest BCUT2D eigenvalue weighted by molar-refractivity contribution is -0.121. The predicted octanol–water partition coefficient (Wildman–Crippen LogP) is 4.81. The van der Waals surface area contributed by atoms with Gasteiger partial charge in [0.15, 0.2) is 0 Å². The van der Waals surface area contributed by atoms with Gasteiger partial charge >= 0.3 is 0 Å². The molecule has 21 heavy (non-hydrogen) atoms. The summed E-state index contributed by atoms with van der Waals surface area (Å²) in [6.07, 6.45) is 0. The molecular weight excluding hydrogens is 305 g/mol. The highest BCUT2D eigenvalue weighted by Gasteiger charge is 2.19. The van der Waals surface area contributed by atoms with Crippen LogP contribution in [0.3, 0.4) is 0 Å². The number of benzene rings is 2. The van der Waals surface area contributed by atoms with Gasteiger partial charge < -0.3 is 5.32 Å². The van der Waals surface area contributed by atoms with Crippen LogP contribution >= 0.6 is 23.2 Å². The molecule has 2 aromatic carbocycles. The maximum absolute atomic E-state index is 11.9. The van der Waals surface area contributed by atoms with Gasteiger partial charge in [-0.2, -0.15) is 0 Å². The summed E-state index contributed by atoms with van der Waals surface area (Å²) in [4.78, 5) is 11.9. The third kappa shape index (κ3) is 3.99. The Labute approximate surface area is 135 Å². The van der Waals surface area contributed by atoms with Crippen LogP contribution in [0.2, 0.25) is 5.02 Å². The predicted molar refractivity (Wildman–Crippen MR) is 88.8 cm³/mol. The first-order chi connectivity index (χ1) is 9.99. The molecular formula is C17H17Cl2NO. The number of rotatable bonds is 4. The number of halogens is 2. The minimum atomic E-state index is -0.741. The van der Waals surface area contributed by atoms with Crippen molar-refractivity contribution < 1.29 is 4.79 Å². The Balaban J connectivity index is 2.25. The quantitative estimate of drug-likeness (QED) is 0.804. The molecule has 2 rings (SSSR count). The number of carbonyl (C=O) groups is 1. The van der Waals surface area contributed by atoms with Crippen LogP contribution in [0.5, 0.6) is 0 Å². The maximum Gasteiger partial charge on any atom is 0.242 e. The molecule has 4 heteroatoms. The minimum Gasteiger partial charge on any atom is -0.352 e. The average molecular weight is 322 g/mol. The zero-order valence-corrected chi connectivity index (χ0v) is 13.4. The zero-order valence-electron chi connectivity index (χ0n) is 11.9. The molecule has 0 aliphatic rings. The van der Waals surface area contributed by atoms with Gasteiger partial charge in [-0.1, -0.05) is 54.1 Å². The van der Waals surface area contributed by atoms with E-state index in [0.29, 0.717) is 10.6 Å². The van der Waals surface area contributed by atoms with Gasteiger partial charge in [-0.15, -0.1) is 11.6 Å². The monoisotopic (exact) mass is 321 g/mol. The molecule has 1 atom stereocenters. The van der Waals surface area contributed by atoms with Crippen LogP contribution in [0.15, 0.2) is 48.5 Å². The summed E-state index contributed by atoms with van der Waals surface area (Å²) in [5, 5.41) is 2.64.